The zero-order valence-corrected chi connectivity index (χ0v) is 27.0. The summed E-state index contributed by atoms with van der Waals surface area (Å²) in [5, 5.41) is 0. The van der Waals surface area contributed by atoms with E-state index < -0.39 is 0 Å². The molecule has 1 aromatic heterocycles. The van der Waals surface area contributed by atoms with Crippen molar-refractivity contribution in [2.24, 2.45) is 0 Å². The molecule has 0 aliphatic heterocycles. The maximum atomic E-state index is 3.78. The molecule has 0 unspecified atom stereocenters. The van der Waals surface area contributed by atoms with Crippen molar-refractivity contribution in [2.75, 3.05) is 40.3 Å². The molecule has 0 amide bonds. The van der Waals surface area contributed by atoms with Gasteiger partial charge in [0, 0.05) is 30.5 Å². The highest BCUT2D eigenvalue weighted by Crippen LogP contribution is 2.20. The SMILES string of the molecule is CCCCN(CCCC)CCCC.CCN(C(C)C)C(C)C.CN(C)C1CCCCC1.c1ccncc1. The standard InChI is InChI=1S/C12H27N.C8H17N.C8H19N.C5H5N/c1-4-7-10-13(11-8-5-2)12-9-6-3;1-9(2)8-6-4-3-5-7-8;1-6-9(7(2)3)8(4)5;1-2-4-6-5-3-1/h4-12H2,1-3H3;8H,3-7H2,1-2H3;7-8H,6H2,1-5H3;1-5H. The van der Waals surface area contributed by atoms with Gasteiger partial charge in [-0.25, -0.2) is 0 Å². The van der Waals surface area contributed by atoms with Gasteiger partial charge in [0.15, 0.2) is 0 Å². The third-order valence-electron chi connectivity index (χ3n) is 7.05. The first-order chi connectivity index (χ1) is 17.7. The normalized spacial score (nSPS) is 13.7. The van der Waals surface area contributed by atoms with Gasteiger partial charge in [-0.3, -0.25) is 9.88 Å². The van der Waals surface area contributed by atoms with Crippen LogP contribution in [0, 0.1) is 0 Å². The monoisotopic (exact) mass is 521 g/mol. The molecule has 37 heavy (non-hydrogen) atoms. The lowest BCUT2D eigenvalue weighted by molar-refractivity contribution is 0.185. The maximum Gasteiger partial charge on any atom is 0.0267 e. The summed E-state index contributed by atoms with van der Waals surface area (Å²) in [6.45, 7) is 23.1. The van der Waals surface area contributed by atoms with Gasteiger partial charge in [-0.05, 0) is 112 Å². The van der Waals surface area contributed by atoms with E-state index in [-0.39, 0.29) is 0 Å². The Kier molecular flexibility index (Phi) is 28.9. The molecule has 4 nitrogen and oxygen atoms in total. The second-order valence-corrected chi connectivity index (χ2v) is 11.2. The molecular formula is C33H68N4. The highest BCUT2D eigenvalue weighted by atomic mass is 15.2. The smallest absolute Gasteiger partial charge is 0.0267 e. The number of hydrogen-bond acceptors (Lipinski definition) is 4. The summed E-state index contributed by atoms with van der Waals surface area (Å²) in [7, 11) is 4.38. The van der Waals surface area contributed by atoms with E-state index in [1.54, 1.807) is 12.4 Å². The van der Waals surface area contributed by atoms with E-state index in [1.807, 2.05) is 18.2 Å². The lowest BCUT2D eigenvalue weighted by atomic mass is 9.95. The lowest BCUT2D eigenvalue weighted by Crippen LogP contribution is -2.36. The van der Waals surface area contributed by atoms with Crippen molar-refractivity contribution in [3.8, 4) is 0 Å². The highest BCUT2D eigenvalue weighted by Gasteiger charge is 2.14. The largest absolute Gasteiger partial charge is 0.306 e. The number of unbranched alkanes of at least 4 members (excludes halogenated alkanes) is 3. The van der Waals surface area contributed by atoms with Gasteiger partial charge in [-0.15, -0.1) is 0 Å². The van der Waals surface area contributed by atoms with E-state index >= 15 is 0 Å². The third kappa shape index (κ3) is 25.1. The average Bonchev–Trinajstić information content (AvgIpc) is 2.91. The summed E-state index contributed by atoms with van der Waals surface area (Å²) in [4.78, 5) is 11.2. The van der Waals surface area contributed by atoms with Gasteiger partial charge < -0.3 is 9.80 Å². The second-order valence-electron chi connectivity index (χ2n) is 11.2. The summed E-state index contributed by atoms with van der Waals surface area (Å²) in [6, 6.07) is 7.98. The molecule has 0 atom stereocenters. The fourth-order valence-electron chi connectivity index (χ4n) is 4.72. The minimum Gasteiger partial charge on any atom is -0.306 e. The number of pyridine rings is 1. The number of nitrogens with zero attached hydrogens (tertiary/aromatic N) is 4. The van der Waals surface area contributed by atoms with Crippen LogP contribution in [0.5, 0.6) is 0 Å². The first-order valence-corrected chi connectivity index (χ1v) is 15.7. The van der Waals surface area contributed by atoms with Crippen molar-refractivity contribution in [3.05, 3.63) is 30.6 Å². The van der Waals surface area contributed by atoms with Crippen LogP contribution in [0.3, 0.4) is 0 Å². The van der Waals surface area contributed by atoms with Crippen molar-refractivity contribution in [1.29, 1.82) is 0 Å². The maximum absolute atomic E-state index is 3.78. The van der Waals surface area contributed by atoms with Crippen LogP contribution >= 0.6 is 0 Å². The molecule has 1 aliphatic rings. The molecule has 0 aromatic carbocycles. The van der Waals surface area contributed by atoms with E-state index in [1.165, 1.54) is 90.3 Å². The summed E-state index contributed by atoms with van der Waals surface area (Å²) in [5.41, 5.74) is 0. The van der Waals surface area contributed by atoms with Crippen LogP contribution in [0.2, 0.25) is 0 Å². The summed E-state index contributed by atoms with van der Waals surface area (Å²) >= 11 is 0. The molecule has 0 saturated heterocycles. The molecule has 0 spiro atoms. The van der Waals surface area contributed by atoms with Crippen LogP contribution in [-0.4, -0.2) is 78.1 Å². The molecular weight excluding hydrogens is 452 g/mol. The van der Waals surface area contributed by atoms with Gasteiger partial charge in [-0.1, -0.05) is 72.3 Å². The van der Waals surface area contributed by atoms with Crippen molar-refractivity contribution in [3.63, 3.8) is 0 Å². The van der Waals surface area contributed by atoms with Crippen molar-refractivity contribution >= 4 is 0 Å². The van der Waals surface area contributed by atoms with Gasteiger partial charge in [0.2, 0.25) is 0 Å². The van der Waals surface area contributed by atoms with Gasteiger partial charge in [0.1, 0.15) is 0 Å². The Labute approximate surface area is 234 Å². The Morgan fingerprint density at radius 2 is 1.11 bits per heavy atom. The second kappa shape index (κ2) is 28.0. The predicted octanol–water partition coefficient (Wildman–Crippen LogP) is 8.78. The summed E-state index contributed by atoms with van der Waals surface area (Å²) in [6.07, 6.45) is 18.8. The molecule has 1 aliphatic carbocycles. The minimum atomic E-state index is 0.690. The molecule has 0 radical (unpaired) electrons. The van der Waals surface area contributed by atoms with Crippen LogP contribution in [-0.2, 0) is 0 Å². The molecule has 1 saturated carbocycles. The Morgan fingerprint density at radius 3 is 1.30 bits per heavy atom. The summed E-state index contributed by atoms with van der Waals surface area (Å²) in [5.74, 6) is 0. The van der Waals surface area contributed by atoms with Crippen LogP contribution in [0.1, 0.15) is 126 Å². The fraction of sp³-hybridized carbons (Fsp3) is 0.848. The Hall–Kier alpha value is -0.970. The molecule has 1 fully saturated rings. The Morgan fingerprint density at radius 1 is 0.676 bits per heavy atom. The van der Waals surface area contributed by atoms with Crippen LogP contribution < -0.4 is 0 Å². The Balaban J connectivity index is 0. The minimum absolute atomic E-state index is 0.690. The molecule has 4 heteroatoms. The number of aromatic nitrogens is 1. The van der Waals surface area contributed by atoms with Crippen molar-refractivity contribution in [2.45, 2.75) is 144 Å². The van der Waals surface area contributed by atoms with E-state index in [4.69, 9.17) is 0 Å². The van der Waals surface area contributed by atoms with Crippen molar-refractivity contribution < 1.29 is 0 Å². The third-order valence-corrected chi connectivity index (χ3v) is 7.05. The van der Waals surface area contributed by atoms with E-state index in [0.29, 0.717) is 12.1 Å². The van der Waals surface area contributed by atoms with Crippen molar-refractivity contribution in [1.82, 2.24) is 19.7 Å². The number of hydrogen-bond donors (Lipinski definition) is 0. The highest BCUT2D eigenvalue weighted by molar-refractivity contribution is 4.88. The molecule has 0 bridgehead atoms. The van der Waals surface area contributed by atoms with Crippen LogP contribution in [0.4, 0.5) is 0 Å². The summed E-state index contributed by atoms with van der Waals surface area (Å²) < 4.78 is 0. The fourth-order valence-corrected chi connectivity index (χ4v) is 4.72. The topological polar surface area (TPSA) is 22.6 Å². The quantitative estimate of drug-likeness (QED) is 0.259. The zero-order chi connectivity index (χ0) is 28.3. The van der Waals surface area contributed by atoms with E-state index in [0.717, 1.165) is 12.6 Å². The average molecular weight is 521 g/mol. The van der Waals surface area contributed by atoms with Gasteiger partial charge >= 0.3 is 0 Å². The molecule has 1 aromatic rings. The Bertz CT molecular complexity index is 473. The van der Waals surface area contributed by atoms with Crippen LogP contribution in [0.15, 0.2) is 30.6 Å². The van der Waals surface area contributed by atoms with E-state index in [2.05, 4.69) is 89.2 Å². The number of rotatable bonds is 13. The molecule has 1 heterocycles. The predicted molar refractivity (Wildman–Crippen MR) is 169 cm³/mol. The molecule has 2 rings (SSSR count). The van der Waals surface area contributed by atoms with Gasteiger partial charge in [0.05, 0.1) is 0 Å². The first-order valence-electron chi connectivity index (χ1n) is 15.7. The zero-order valence-electron chi connectivity index (χ0n) is 27.0. The van der Waals surface area contributed by atoms with Gasteiger partial charge in [-0.2, -0.15) is 0 Å². The molecule has 220 valence electrons. The lowest BCUT2D eigenvalue weighted by Gasteiger charge is -2.28. The van der Waals surface area contributed by atoms with Gasteiger partial charge in [0.25, 0.3) is 0 Å². The van der Waals surface area contributed by atoms with Crippen LogP contribution in [0.25, 0.3) is 0 Å². The first kappa shape index (κ1) is 38.2. The van der Waals surface area contributed by atoms with E-state index in [9.17, 15) is 0 Å². The molecule has 0 N–H and O–H groups in total.